The van der Waals surface area contributed by atoms with Crippen molar-refractivity contribution < 1.29 is 17.9 Å². The van der Waals surface area contributed by atoms with Gasteiger partial charge in [-0.05, 0) is 63.1 Å². The van der Waals surface area contributed by atoms with Crippen LogP contribution in [-0.2, 0) is 14.8 Å². The van der Waals surface area contributed by atoms with E-state index in [0.717, 1.165) is 43.5 Å². The fraction of sp³-hybridized carbons (Fsp3) is 0.714. The van der Waals surface area contributed by atoms with Crippen LogP contribution in [0.25, 0.3) is 0 Å². The molecule has 2 N–H and O–H groups in total. The lowest BCUT2D eigenvalue weighted by atomic mass is 9.42. The van der Waals surface area contributed by atoms with Gasteiger partial charge in [-0.3, -0.25) is 0 Å². The molecule has 2 aliphatic rings. The molecule has 9 heteroatoms. The minimum absolute atomic E-state index is 0.00689. The Balaban J connectivity index is 1.60. The van der Waals surface area contributed by atoms with Crippen molar-refractivity contribution in [2.24, 2.45) is 0 Å². The Hall–Kier alpha value is -1.02. The number of nitrogens with one attached hydrogen (secondary N) is 2. The molecular formula is C21H32B2N2O4S. The molecule has 0 amide bonds. The molecule has 162 valence electrons. The highest BCUT2D eigenvalue weighted by Gasteiger charge is 2.39. The Morgan fingerprint density at radius 1 is 1.23 bits per heavy atom. The molecule has 6 nitrogen and oxygen atoms in total. The van der Waals surface area contributed by atoms with Crippen LogP contribution in [0.15, 0.2) is 24.3 Å². The van der Waals surface area contributed by atoms with Crippen LogP contribution >= 0.6 is 0 Å². The predicted molar refractivity (Wildman–Crippen MR) is 121 cm³/mol. The van der Waals surface area contributed by atoms with Crippen LogP contribution in [0.5, 0.6) is 5.75 Å². The van der Waals surface area contributed by atoms with Gasteiger partial charge in [0.2, 0.25) is 10.0 Å². The molecule has 1 aromatic carbocycles. The Labute approximate surface area is 183 Å². The van der Waals surface area contributed by atoms with E-state index in [2.05, 4.69) is 10.0 Å². The smallest absolute Gasteiger partial charge is 0.209 e. The van der Waals surface area contributed by atoms with Crippen molar-refractivity contribution in [3.05, 3.63) is 29.8 Å². The first kappa shape index (κ1) is 23.6. The minimum Gasteiger partial charge on any atom is -0.494 e. The van der Waals surface area contributed by atoms with Crippen molar-refractivity contribution in [2.75, 3.05) is 26.0 Å². The first-order valence-corrected chi connectivity index (χ1v) is 12.7. The molecule has 1 aliphatic heterocycles. The Kier molecular flexibility index (Phi) is 7.93. The largest absolute Gasteiger partial charge is 0.494 e. The standard InChI is InChI=1S/C21H32B2N2O4S/c1-3-28-20-9-5-4-7-16(20)17-11-10-15(13-21(17,22)23)29-14-19-18(8-6-12-24-19)25-30(2,26)27/h4-5,7,9,15,17-19,24-25H,3,6,8,10-14H2,1-2H3/t15-,17-,18-,19-/m0/s1. The maximum atomic E-state index is 11.7. The van der Waals surface area contributed by atoms with Crippen LogP contribution < -0.4 is 14.8 Å². The maximum Gasteiger partial charge on any atom is 0.209 e. The second-order valence-corrected chi connectivity index (χ2v) is 10.4. The number of piperidine rings is 1. The molecule has 1 heterocycles. The van der Waals surface area contributed by atoms with E-state index in [9.17, 15) is 8.42 Å². The van der Waals surface area contributed by atoms with Crippen LogP contribution in [0.4, 0.5) is 0 Å². The summed E-state index contributed by atoms with van der Waals surface area (Å²) in [5.74, 6) is 0.832. The zero-order chi connectivity index (χ0) is 21.8. The number of hydrogen-bond donors (Lipinski definition) is 2. The van der Waals surface area contributed by atoms with Crippen LogP contribution in [0.2, 0.25) is 5.21 Å². The Bertz CT molecular complexity index is 806. The van der Waals surface area contributed by atoms with Gasteiger partial charge in [-0.15, -0.1) is 0 Å². The van der Waals surface area contributed by atoms with Gasteiger partial charge in [-0.1, -0.05) is 23.4 Å². The Morgan fingerprint density at radius 2 is 2.00 bits per heavy atom. The SMILES string of the molecule is [B]C1([B])C[C@@H](OC[C@@H]2NCCC[C@@H]2NS(C)(=O)=O)CC[C@H]1c1ccccc1OCC. The number of benzene rings is 1. The number of para-hydroxylation sites is 1. The molecule has 3 rings (SSSR count). The van der Waals surface area contributed by atoms with E-state index >= 15 is 0 Å². The van der Waals surface area contributed by atoms with Gasteiger partial charge in [0, 0.05) is 12.1 Å². The minimum atomic E-state index is -3.26. The van der Waals surface area contributed by atoms with Crippen molar-refractivity contribution in [2.45, 2.75) is 68.3 Å². The molecule has 0 unspecified atom stereocenters. The summed E-state index contributed by atoms with van der Waals surface area (Å²) in [7, 11) is 9.86. The lowest BCUT2D eigenvalue weighted by molar-refractivity contribution is 0.00189. The zero-order valence-electron chi connectivity index (χ0n) is 18.0. The van der Waals surface area contributed by atoms with E-state index in [1.54, 1.807) is 0 Å². The van der Waals surface area contributed by atoms with Gasteiger partial charge in [-0.2, -0.15) is 0 Å². The zero-order valence-corrected chi connectivity index (χ0v) is 18.8. The normalized spacial score (nSPS) is 29.4. The highest BCUT2D eigenvalue weighted by Crippen LogP contribution is 2.51. The highest BCUT2D eigenvalue weighted by molar-refractivity contribution is 7.88. The van der Waals surface area contributed by atoms with Crippen LogP contribution in [-0.4, -0.2) is 68.3 Å². The molecule has 1 saturated carbocycles. The molecule has 0 spiro atoms. The van der Waals surface area contributed by atoms with Gasteiger partial charge in [-0.25, -0.2) is 13.1 Å². The molecular weight excluding hydrogens is 398 g/mol. The summed E-state index contributed by atoms with van der Waals surface area (Å²) in [5.41, 5.74) is 1.05. The average molecular weight is 430 g/mol. The van der Waals surface area contributed by atoms with Gasteiger partial charge >= 0.3 is 0 Å². The highest BCUT2D eigenvalue weighted by atomic mass is 32.2. The van der Waals surface area contributed by atoms with Gasteiger partial charge in [0.25, 0.3) is 0 Å². The van der Waals surface area contributed by atoms with Crippen molar-refractivity contribution in [3.63, 3.8) is 0 Å². The third-order valence-electron chi connectivity index (χ3n) is 6.06. The van der Waals surface area contributed by atoms with E-state index in [1.807, 2.05) is 31.2 Å². The van der Waals surface area contributed by atoms with Gasteiger partial charge in [0.05, 0.1) is 41.3 Å². The van der Waals surface area contributed by atoms with Crippen molar-refractivity contribution in [1.29, 1.82) is 0 Å². The monoisotopic (exact) mass is 430 g/mol. The molecule has 1 saturated heterocycles. The molecule has 0 bridgehead atoms. The summed E-state index contributed by atoms with van der Waals surface area (Å²) in [6, 6.07) is 7.72. The third-order valence-corrected chi connectivity index (χ3v) is 6.79. The molecule has 1 aromatic rings. The van der Waals surface area contributed by atoms with Gasteiger partial charge in [0.15, 0.2) is 0 Å². The maximum absolute atomic E-state index is 11.7. The molecule has 30 heavy (non-hydrogen) atoms. The third kappa shape index (κ3) is 6.25. The van der Waals surface area contributed by atoms with E-state index in [1.165, 1.54) is 6.26 Å². The fourth-order valence-electron chi connectivity index (χ4n) is 4.69. The van der Waals surface area contributed by atoms with Crippen molar-refractivity contribution in [3.8, 4) is 5.75 Å². The van der Waals surface area contributed by atoms with Gasteiger partial charge < -0.3 is 14.8 Å². The molecule has 1 aliphatic carbocycles. The summed E-state index contributed by atoms with van der Waals surface area (Å²) in [6.45, 7) is 3.84. The van der Waals surface area contributed by atoms with Crippen LogP contribution in [0, 0.1) is 0 Å². The van der Waals surface area contributed by atoms with Crippen molar-refractivity contribution in [1.82, 2.24) is 10.0 Å². The van der Waals surface area contributed by atoms with Crippen LogP contribution in [0.3, 0.4) is 0 Å². The quantitative estimate of drug-likeness (QED) is 0.616. The van der Waals surface area contributed by atoms with E-state index in [4.69, 9.17) is 25.2 Å². The number of hydrogen-bond acceptors (Lipinski definition) is 5. The first-order chi connectivity index (χ1) is 14.2. The first-order valence-electron chi connectivity index (χ1n) is 10.8. The molecule has 4 atom stereocenters. The average Bonchev–Trinajstić information content (AvgIpc) is 2.66. The fourth-order valence-corrected chi connectivity index (χ4v) is 5.52. The van der Waals surface area contributed by atoms with Gasteiger partial charge in [0.1, 0.15) is 5.75 Å². The lowest BCUT2D eigenvalue weighted by Gasteiger charge is -2.44. The number of ether oxygens (including phenoxy) is 2. The molecule has 4 radical (unpaired) electrons. The van der Waals surface area contributed by atoms with E-state index in [-0.39, 0.29) is 24.1 Å². The predicted octanol–water partition coefficient (Wildman–Crippen LogP) is 1.86. The topological polar surface area (TPSA) is 76.7 Å². The number of rotatable bonds is 8. The number of sulfonamides is 1. The van der Waals surface area contributed by atoms with Crippen LogP contribution in [0.1, 0.15) is 50.5 Å². The second-order valence-electron chi connectivity index (χ2n) is 8.57. The second kappa shape index (κ2) is 10.1. The van der Waals surface area contributed by atoms with Crippen molar-refractivity contribution >= 4 is 25.7 Å². The summed E-state index contributed by atoms with van der Waals surface area (Å²) in [4.78, 5) is 0. The van der Waals surface area contributed by atoms with E-state index < -0.39 is 15.2 Å². The summed E-state index contributed by atoms with van der Waals surface area (Å²) < 4.78 is 38.0. The molecule has 2 fully saturated rings. The summed E-state index contributed by atoms with van der Waals surface area (Å²) in [5, 5.41) is 2.47. The summed E-state index contributed by atoms with van der Waals surface area (Å²) in [6.07, 6.45) is 5.06. The lowest BCUT2D eigenvalue weighted by Crippen LogP contribution is -2.55. The van der Waals surface area contributed by atoms with E-state index in [0.29, 0.717) is 19.6 Å². The molecule has 0 aromatic heterocycles. The summed E-state index contributed by atoms with van der Waals surface area (Å²) >= 11 is 0. The Morgan fingerprint density at radius 3 is 2.70 bits per heavy atom.